The highest BCUT2D eigenvalue weighted by Crippen LogP contribution is 2.29. The largest absolute Gasteiger partial charge is 0.394 e. The number of nitrogens with zero attached hydrogens (tertiary/aromatic N) is 1. The van der Waals surface area contributed by atoms with Crippen LogP contribution in [0.4, 0.5) is 0 Å². The molecule has 5 heteroatoms. The minimum absolute atomic E-state index is 0.0381. The van der Waals surface area contributed by atoms with Crippen molar-refractivity contribution in [3.63, 3.8) is 0 Å². The number of amides is 1. The van der Waals surface area contributed by atoms with Gasteiger partial charge in [-0.05, 0) is 30.4 Å². The van der Waals surface area contributed by atoms with E-state index in [4.69, 9.17) is 9.47 Å². The summed E-state index contributed by atoms with van der Waals surface area (Å²) in [4.78, 5) is 14.3. The van der Waals surface area contributed by atoms with Crippen molar-refractivity contribution in [2.24, 2.45) is 0 Å². The molecule has 2 aliphatic heterocycles. The number of hydrogen-bond donors (Lipinski definition) is 1. The number of fused-ring (bicyclic) bond motifs is 1. The first-order chi connectivity index (χ1) is 11.3. The monoisotopic (exact) mass is 319 g/mol. The first kappa shape index (κ1) is 16.4. The van der Waals surface area contributed by atoms with Gasteiger partial charge >= 0.3 is 0 Å². The van der Waals surface area contributed by atoms with Gasteiger partial charge in [-0.3, -0.25) is 4.79 Å². The lowest BCUT2D eigenvalue weighted by molar-refractivity contribution is -0.137. The summed E-state index contributed by atoms with van der Waals surface area (Å²) in [7, 11) is 0. The third-order valence-corrected chi connectivity index (χ3v) is 4.74. The van der Waals surface area contributed by atoms with E-state index < -0.39 is 0 Å². The highest BCUT2D eigenvalue weighted by molar-refractivity contribution is 5.77. The summed E-state index contributed by atoms with van der Waals surface area (Å²) in [6.07, 6.45) is 3.25. The second-order valence-electron chi connectivity index (χ2n) is 6.17. The number of aliphatic hydroxyl groups excluding tert-OH is 1. The number of carbonyl (C=O) groups is 1. The third kappa shape index (κ3) is 3.91. The molecule has 3 rings (SSSR count). The van der Waals surface area contributed by atoms with Gasteiger partial charge in [-0.1, -0.05) is 24.3 Å². The summed E-state index contributed by atoms with van der Waals surface area (Å²) < 4.78 is 11.1. The molecule has 0 radical (unpaired) electrons. The Morgan fingerprint density at radius 3 is 2.87 bits per heavy atom. The standard InChI is InChI=1S/C18H25NO4/c20-13-17-16-4-2-1-3-14(16)5-9-19(17)18(21)8-12-23-15-6-10-22-11-7-15/h1-4,15,17,20H,5-13H2. The molecule has 1 amide bonds. The van der Waals surface area contributed by atoms with Crippen molar-refractivity contribution >= 4 is 5.91 Å². The Bertz CT molecular complexity index is 528. The molecule has 1 atom stereocenters. The van der Waals surface area contributed by atoms with Crippen LogP contribution in [0.15, 0.2) is 24.3 Å². The molecule has 1 aromatic carbocycles. The fraction of sp³-hybridized carbons (Fsp3) is 0.611. The zero-order valence-corrected chi connectivity index (χ0v) is 13.4. The van der Waals surface area contributed by atoms with E-state index in [1.165, 1.54) is 5.56 Å². The quantitative estimate of drug-likeness (QED) is 0.897. The van der Waals surface area contributed by atoms with Crippen molar-refractivity contribution in [1.82, 2.24) is 4.90 Å². The Kier molecular flexibility index (Phi) is 5.65. The lowest BCUT2D eigenvalue weighted by Crippen LogP contribution is -2.42. The van der Waals surface area contributed by atoms with Crippen LogP contribution in [0, 0.1) is 0 Å². The van der Waals surface area contributed by atoms with Crippen molar-refractivity contribution in [3.05, 3.63) is 35.4 Å². The summed E-state index contributed by atoms with van der Waals surface area (Å²) >= 11 is 0. The predicted molar refractivity (Wildman–Crippen MR) is 86.1 cm³/mol. The summed E-state index contributed by atoms with van der Waals surface area (Å²) in [6, 6.07) is 7.83. The maximum Gasteiger partial charge on any atom is 0.225 e. The van der Waals surface area contributed by atoms with Crippen LogP contribution >= 0.6 is 0 Å². The Morgan fingerprint density at radius 1 is 1.30 bits per heavy atom. The lowest BCUT2D eigenvalue weighted by Gasteiger charge is -2.36. The van der Waals surface area contributed by atoms with E-state index in [1.54, 1.807) is 4.90 Å². The van der Waals surface area contributed by atoms with E-state index >= 15 is 0 Å². The molecule has 0 aromatic heterocycles. The van der Waals surface area contributed by atoms with Crippen LogP contribution in [0.3, 0.4) is 0 Å². The molecule has 1 aromatic rings. The minimum atomic E-state index is -0.226. The van der Waals surface area contributed by atoms with Gasteiger partial charge in [0, 0.05) is 19.8 Å². The number of ether oxygens (including phenoxy) is 2. The average Bonchev–Trinajstić information content (AvgIpc) is 2.61. The predicted octanol–water partition coefficient (Wildman–Crippen LogP) is 1.69. The van der Waals surface area contributed by atoms with E-state index in [-0.39, 0.29) is 24.7 Å². The smallest absolute Gasteiger partial charge is 0.225 e. The maximum absolute atomic E-state index is 12.5. The molecule has 1 fully saturated rings. The number of carbonyl (C=O) groups excluding carboxylic acids is 1. The Labute approximate surface area is 137 Å². The summed E-state index contributed by atoms with van der Waals surface area (Å²) in [5.74, 6) is 0.0608. The molecule has 2 heterocycles. The fourth-order valence-corrected chi connectivity index (χ4v) is 3.45. The summed E-state index contributed by atoms with van der Waals surface area (Å²) in [5.41, 5.74) is 2.30. The Balaban J connectivity index is 1.54. The topological polar surface area (TPSA) is 59.0 Å². The van der Waals surface area contributed by atoms with Crippen LogP contribution in [0.25, 0.3) is 0 Å². The minimum Gasteiger partial charge on any atom is -0.394 e. The van der Waals surface area contributed by atoms with Crippen molar-refractivity contribution < 1.29 is 19.4 Å². The zero-order valence-electron chi connectivity index (χ0n) is 13.4. The van der Waals surface area contributed by atoms with Crippen LogP contribution in [0.2, 0.25) is 0 Å². The van der Waals surface area contributed by atoms with E-state index in [1.807, 2.05) is 18.2 Å². The Morgan fingerprint density at radius 2 is 2.09 bits per heavy atom. The van der Waals surface area contributed by atoms with Crippen molar-refractivity contribution in [3.8, 4) is 0 Å². The highest BCUT2D eigenvalue weighted by atomic mass is 16.5. The van der Waals surface area contributed by atoms with Gasteiger partial charge in [0.25, 0.3) is 0 Å². The van der Waals surface area contributed by atoms with Gasteiger partial charge in [0.15, 0.2) is 0 Å². The van der Waals surface area contributed by atoms with Crippen LogP contribution in [-0.4, -0.2) is 55.0 Å². The van der Waals surface area contributed by atoms with Crippen LogP contribution in [-0.2, 0) is 20.7 Å². The second-order valence-corrected chi connectivity index (χ2v) is 6.17. The molecule has 5 nitrogen and oxygen atoms in total. The number of benzene rings is 1. The maximum atomic E-state index is 12.5. The second kappa shape index (κ2) is 7.90. The number of hydrogen-bond acceptors (Lipinski definition) is 4. The molecule has 1 N–H and O–H groups in total. The molecule has 0 aliphatic carbocycles. The molecule has 0 saturated carbocycles. The van der Waals surface area contributed by atoms with Gasteiger partial charge < -0.3 is 19.5 Å². The summed E-state index contributed by atoms with van der Waals surface area (Å²) in [5, 5.41) is 9.75. The SMILES string of the molecule is O=C(CCOC1CCOCC1)N1CCc2ccccc2C1CO. The first-order valence-corrected chi connectivity index (χ1v) is 8.47. The molecule has 126 valence electrons. The number of rotatable bonds is 5. The lowest BCUT2D eigenvalue weighted by atomic mass is 9.93. The van der Waals surface area contributed by atoms with Gasteiger partial charge in [0.2, 0.25) is 5.91 Å². The zero-order chi connectivity index (χ0) is 16.1. The third-order valence-electron chi connectivity index (χ3n) is 4.74. The van der Waals surface area contributed by atoms with Gasteiger partial charge in [-0.15, -0.1) is 0 Å². The average molecular weight is 319 g/mol. The molecule has 0 bridgehead atoms. The first-order valence-electron chi connectivity index (χ1n) is 8.47. The molecule has 2 aliphatic rings. The van der Waals surface area contributed by atoms with Gasteiger partial charge in [0.1, 0.15) is 0 Å². The van der Waals surface area contributed by atoms with E-state index in [2.05, 4.69) is 6.07 Å². The molecule has 1 saturated heterocycles. The van der Waals surface area contributed by atoms with E-state index in [0.29, 0.717) is 19.6 Å². The van der Waals surface area contributed by atoms with Crippen LogP contribution in [0.1, 0.15) is 36.4 Å². The normalized spacial score (nSPS) is 22.0. The molecular formula is C18H25NO4. The highest BCUT2D eigenvalue weighted by Gasteiger charge is 2.29. The number of aliphatic hydroxyl groups is 1. The van der Waals surface area contributed by atoms with Gasteiger partial charge in [0.05, 0.1) is 31.8 Å². The Hall–Kier alpha value is -1.43. The fourth-order valence-electron chi connectivity index (χ4n) is 3.45. The van der Waals surface area contributed by atoms with Crippen molar-refractivity contribution in [2.75, 3.05) is 33.0 Å². The summed E-state index contributed by atoms with van der Waals surface area (Å²) in [6.45, 7) is 2.56. The van der Waals surface area contributed by atoms with E-state index in [9.17, 15) is 9.90 Å². The molecular weight excluding hydrogens is 294 g/mol. The van der Waals surface area contributed by atoms with Crippen LogP contribution in [0.5, 0.6) is 0 Å². The molecule has 23 heavy (non-hydrogen) atoms. The van der Waals surface area contributed by atoms with E-state index in [0.717, 1.165) is 38.0 Å². The molecule has 0 spiro atoms. The van der Waals surface area contributed by atoms with Crippen LogP contribution < -0.4 is 0 Å². The van der Waals surface area contributed by atoms with Gasteiger partial charge in [-0.25, -0.2) is 0 Å². The van der Waals surface area contributed by atoms with Gasteiger partial charge in [-0.2, -0.15) is 0 Å². The molecule has 1 unspecified atom stereocenters. The van der Waals surface area contributed by atoms with Crippen molar-refractivity contribution in [2.45, 2.75) is 37.8 Å². The van der Waals surface area contributed by atoms with Crippen molar-refractivity contribution in [1.29, 1.82) is 0 Å².